The molecule has 0 aliphatic rings. The second-order valence-electron chi connectivity index (χ2n) is 4.70. The summed E-state index contributed by atoms with van der Waals surface area (Å²) in [5.41, 5.74) is -0.396. The van der Waals surface area contributed by atoms with Crippen molar-refractivity contribution in [3.63, 3.8) is 0 Å². The molecule has 0 fully saturated rings. The number of halogens is 1. The lowest BCUT2D eigenvalue weighted by Gasteiger charge is -2.25. The molecule has 0 saturated carbocycles. The molecule has 1 unspecified atom stereocenters. The van der Waals surface area contributed by atoms with Gasteiger partial charge in [-0.1, -0.05) is 0 Å². The molecule has 1 atom stereocenters. The zero-order valence-corrected chi connectivity index (χ0v) is 13.0. The lowest BCUT2D eigenvalue weighted by Crippen LogP contribution is -2.42. The van der Waals surface area contributed by atoms with Gasteiger partial charge < -0.3 is 10.6 Å². The van der Waals surface area contributed by atoms with E-state index in [0.717, 1.165) is 4.47 Å². The second kappa shape index (κ2) is 5.98. The third-order valence-electron chi connectivity index (χ3n) is 2.73. The first-order valence-electron chi connectivity index (χ1n) is 5.57. The molecule has 1 aromatic rings. The Hall–Kier alpha value is -0.390. The minimum absolute atomic E-state index is 0.0578. The molecule has 0 aliphatic carbocycles. The highest BCUT2D eigenvalue weighted by atomic mass is 79.9. The number of carbonyl (C=O) groups excluding carboxylic acids is 1. The number of nitrogens with one attached hydrogen (secondary N) is 2. The van der Waals surface area contributed by atoms with E-state index >= 15 is 0 Å². The van der Waals surface area contributed by atoms with Crippen LogP contribution in [0.2, 0.25) is 0 Å². The maximum absolute atomic E-state index is 11.6. The predicted octanol–water partition coefficient (Wildman–Crippen LogP) is 2.93. The Morgan fingerprint density at radius 1 is 1.59 bits per heavy atom. The Labute approximate surface area is 115 Å². The molecule has 2 N–H and O–H groups in total. The van der Waals surface area contributed by atoms with Crippen LogP contribution in [0, 0.1) is 5.41 Å². The van der Waals surface area contributed by atoms with E-state index in [1.165, 1.54) is 4.88 Å². The zero-order valence-electron chi connectivity index (χ0n) is 10.6. The topological polar surface area (TPSA) is 41.1 Å². The van der Waals surface area contributed by atoms with Crippen molar-refractivity contribution in [1.82, 2.24) is 10.6 Å². The van der Waals surface area contributed by atoms with Crippen LogP contribution in [0.5, 0.6) is 0 Å². The van der Waals surface area contributed by atoms with Crippen LogP contribution in [0.25, 0.3) is 0 Å². The highest BCUT2D eigenvalue weighted by Crippen LogP contribution is 2.29. The zero-order chi connectivity index (χ0) is 13.1. The van der Waals surface area contributed by atoms with Crippen LogP contribution in [0.3, 0.4) is 0 Å². The van der Waals surface area contributed by atoms with Gasteiger partial charge in [-0.3, -0.25) is 4.79 Å². The van der Waals surface area contributed by atoms with Crippen LogP contribution in [0.1, 0.15) is 31.7 Å². The van der Waals surface area contributed by atoms with Crippen molar-refractivity contribution >= 4 is 33.2 Å². The van der Waals surface area contributed by atoms with E-state index < -0.39 is 5.41 Å². The van der Waals surface area contributed by atoms with Gasteiger partial charge in [-0.25, -0.2) is 0 Å². The van der Waals surface area contributed by atoms with Crippen LogP contribution >= 0.6 is 27.3 Å². The third-order valence-corrected chi connectivity index (χ3v) is 4.78. The number of hydrogen-bond acceptors (Lipinski definition) is 3. The van der Waals surface area contributed by atoms with Crippen LogP contribution < -0.4 is 10.6 Å². The molecule has 0 aliphatic heterocycles. The molecule has 0 saturated heterocycles. The summed E-state index contributed by atoms with van der Waals surface area (Å²) >= 11 is 5.23. The number of thiophene rings is 1. The van der Waals surface area contributed by atoms with Crippen molar-refractivity contribution < 1.29 is 4.79 Å². The number of hydrogen-bond donors (Lipinski definition) is 2. The van der Waals surface area contributed by atoms with Crippen molar-refractivity contribution in [3.8, 4) is 0 Å². The molecular weight excluding hydrogens is 300 g/mol. The molecule has 0 bridgehead atoms. The lowest BCUT2D eigenvalue weighted by molar-refractivity contribution is -0.128. The van der Waals surface area contributed by atoms with E-state index in [2.05, 4.69) is 38.9 Å². The fraction of sp³-hybridized carbons (Fsp3) is 0.583. The van der Waals surface area contributed by atoms with Crippen LogP contribution in [0.15, 0.2) is 15.9 Å². The maximum Gasteiger partial charge on any atom is 0.226 e. The van der Waals surface area contributed by atoms with Crippen molar-refractivity contribution in [2.75, 3.05) is 13.6 Å². The van der Waals surface area contributed by atoms with Gasteiger partial charge in [0, 0.05) is 29.0 Å². The van der Waals surface area contributed by atoms with Gasteiger partial charge in [-0.2, -0.15) is 0 Å². The average Bonchev–Trinajstić information content (AvgIpc) is 2.71. The molecule has 3 nitrogen and oxygen atoms in total. The van der Waals surface area contributed by atoms with E-state index in [0.29, 0.717) is 6.54 Å². The van der Waals surface area contributed by atoms with Crippen LogP contribution in [-0.2, 0) is 4.79 Å². The summed E-state index contributed by atoms with van der Waals surface area (Å²) in [4.78, 5) is 12.9. The van der Waals surface area contributed by atoms with Crippen molar-refractivity contribution in [1.29, 1.82) is 0 Å². The summed E-state index contributed by atoms with van der Waals surface area (Å²) < 4.78 is 1.13. The van der Waals surface area contributed by atoms with E-state index in [-0.39, 0.29) is 11.9 Å². The number of amides is 1. The molecular formula is C12H19BrN2OS. The molecule has 1 heterocycles. The van der Waals surface area contributed by atoms with E-state index in [1.807, 2.05) is 19.9 Å². The highest BCUT2D eigenvalue weighted by Gasteiger charge is 2.27. The largest absolute Gasteiger partial charge is 0.359 e. The molecule has 0 radical (unpaired) electrons. The molecule has 0 spiro atoms. The number of rotatable bonds is 5. The van der Waals surface area contributed by atoms with E-state index in [1.54, 1.807) is 18.4 Å². The molecule has 5 heteroatoms. The molecule has 17 heavy (non-hydrogen) atoms. The van der Waals surface area contributed by atoms with E-state index in [4.69, 9.17) is 0 Å². The fourth-order valence-corrected chi connectivity index (χ4v) is 3.28. The third kappa shape index (κ3) is 3.79. The van der Waals surface area contributed by atoms with Gasteiger partial charge in [0.15, 0.2) is 0 Å². The van der Waals surface area contributed by atoms with Crippen LogP contribution in [-0.4, -0.2) is 19.5 Å². The Kier molecular flexibility index (Phi) is 5.16. The summed E-state index contributed by atoms with van der Waals surface area (Å²) in [6, 6.07) is 2.29. The first-order chi connectivity index (χ1) is 7.88. The predicted molar refractivity (Wildman–Crippen MR) is 76.3 cm³/mol. The fourth-order valence-electron chi connectivity index (χ4n) is 1.53. The minimum atomic E-state index is -0.396. The summed E-state index contributed by atoms with van der Waals surface area (Å²) in [6.07, 6.45) is 0. The second-order valence-corrected chi connectivity index (χ2v) is 6.50. The Balaban J connectivity index is 2.57. The standard InChI is InChI=1S/C12H19BrN2OS/c1-8(10-9(13)5-6-17-10)15-7-12(2,3)11(16)14-4/h5-6,8,15H,7H2,1-4H3,(H,14,16). The minimum Gasteiger partial charge on any atom is -0.359 e. The quantitative estimate of drug-likeness (QED) is 0.876. The molecule has 1 aromatic heterocycles. The van der Waals surface area contributed by atoms with Gasteiger partial charge in [0.25, 0.3) is 0 Å². The lowest BCUT2D eigenvalue weighted by atomic mass is 9.92. The van der Waals surface area contributed by atoms with Crippen molar-refractivity contribution in [3.05, 3.63) is 20.8 Å². The van der Waals surface area contributed by atoms with Gasteiger partial charge in [-0.05, 0) is 48.1 Å². The van der Waals surface area contributed by atoms with Gasteiger partial charge >= 0.3 is 0 Å². The van der Waals surface area contributed by atoms with Crippen molar-refractivity contribution in [2.45, 2.75) is 26.8 Å². The van der Waals surface area contributed by atoms with Gasteiger partial charge in [-0.15, -0.1) is 11.3 Å². The summed E-state index contributed by atoms with van der Waals surface area (Å²) in [7, 11) is 1.67. The monoisotopic (exact) mass is 318 g/mol. The number of carbonyl (C=O) groups is 1. The SMILES string of the molecule is CNC(=O)C(C)(C)CNC(C)c1sccc1Br. The summed E-state index contributed by atoms with van der Waals surface area (Å²) in [5.74, 6) is 0.0578. The first kappa shape index (κ1) is 14.7. The maximum atomic E-state index is 11.6. The van der Waals surface area contributed by atoms with Crippen LogP contribution in [0.4, 0.5) is 0 Å². The van der Waals surface area contributed by atoms with Crippen molar-refractivity contribution in [2.24, 2.45) is 5.41 Å². The Bertz CT molecular complexity index is 390. The van der Waals surface area contributed by atoms with Gasteiger partial charge in [0.2, 0.25) is 5.91 Å². The van der Waals surface area contributed by atoms with E-state index in [9.17, 15) is 4.79 Å². The molecule has 0 aromatic carbocycles. The molecule has 1 rings (SSSR count). The first-order valence-corrected chi connectivity index (χ1v) is 7.24. The van der Waals surface area contributed by atoms with Gasteiger partial charge in [0.1, 0.15) is 0 Å². The Morgan fingerprint density at radius 3 is 2.71 bits per heavy atom. The highest BCUT2D eigenvalue weighted by molar-refractivity contribution is 9.10. The van der Waals surface area contributed by atoms with Gasteiger partial charge in [0.05, 0.1) is 5.41 Å². The average molecular weight is 319 g/mol. The Morgan fingerprint density at radius 2 is 2.24 bits per heavy atom. The molecule has 96 valence electrons. The summed E-state index contributed by atoms with van der Waals surface area (Å²) in [5, 5.41) is 8.15. The normalized spacial score (nSPS) is 13.5. The molecule has 1 amide bonds. The summed E-state index contributed by atoms with van der Waals surface area (Å²) in [6.45, 7) is 6.64. The smallest absolute Gasteiger partial charge is 0.226 e.